The van der Waals surface area contributed by atoms with Crippen molar-refractivity contribution in [1.82, 2.24) is 0 Å². The van der Waals surface area contributed by atoms with E-state index in [1.807, 2.05) is 13.8 Å². The summed E-state index contributed by atoms with van der Waals surface area (Å²) in [5, 5.41) is 0. The van der Waals surface area contributed by atoms with Crippen molar-refractivity contribution in [2.45, 2.75) is 81.6 Å². The van der Waals surface area contributed by atoms with E-state index >= 15 is 0 Å². The third-order valence-corrected chi connectivity index (χ3v) is 3.30. The van der Waals surface area contributed by atoms with Gasteiger partial charge in [-0.05, 0) is 48.9 Å². The highest BCUT2D eigenvalue weighted by Crippen LogP contribution is 2.29. The molecule has 0 amide bonds. The highest BCUT2D eigenvalue weighted by atomic mass is 14.2. The molecule has 17 heavy (non-hydrogen) atoms. The van der Waals surface area contributed by atoms with Crippen LogP contribution < -0.4 is 0 Å². The molecule has 0 aliphatic heterocycles. The second-order valence-electron chi connectivity index (χ2n) is 6.60. The van der Waals surface area contributed by atoms with E-state index < -0.39 is 0 Å². The van der Waals surface area contributed by atoms with Gasteiger partial charge in [0.15, 0.2) is 0 Å². The molecular weight excluding hydrogens is 204 g/mol. The van der Waals surface area contributed by atoms with Gasteiger partial charge in [-0.15, -0.1) is 0 Å². The normalized spacial score (nSPS) is 14.8. The fourth-order valence-corrected chi connectivity index (χ4v) is 2.66. The van der Waals surface area contributed by atoms with Crippen molar-refractivity contribution in [1.29, 1.82) is 0 Å². The Bertz CT molecular complexity index is 144. The summed E-state index contributed by atoms with van der Waals surface area (Å²) >= 11 is 0. The van der Waals surface area contributed by atoms with E-state index in [-0.39, 0.29) is 0 Å². The van der Waals surface area contributed by atoms with Crippen LogP contribution in [-0.2, 0) is 0 Å². The molecule has 0 aliphatic rings. The van der Waals surface area contributed by atoms with Gasteiger partial charge in [-0.3, -0.25) is 0 Å². The van der Waals surface area contributed by atoms with Crippen molar-refractivity contribution in [3.05, 3.63) is 0 Å². The predicted molar refractivity (Wildman–Crippen MR) is 82.4 cm³/mol. The van der Waals surface area contributed by atoms with Crippen LogP contribution in [0.15, 0.2) is 0 Å². The largest absolute Gasteiger partial charge is 0.0683 e. The van der Waals surface area contributed by atoms with E-state index in [0.717, 1.165) is 29.6 Å². The van der Waals surface area contributed by atoms with Crippen molar-refractivity contribution in [3.8, 4) is 0 Å². The third kappa shape index (κ3) is 12.2. The molecule has 0 bridgehead atoms. The zero-order valence-corrected chi connectivity index (χ0v) is 14.0. The van der Waals surface area contributed by atoms with Gasteiger partial charge < -0.3 is 0 Å². The highest BCUT2D eigenvalue weighted by Gasteiger charge is 2.18. The van der Waals surface area contributed by atoms with Crippen LogP contribution in [0.2, 0.25) is 0 Å². The van der Waals surface area contributed by atoms with Crippen LogP contribution in [0.1, 0.15) is 81.6 Å². The molecule has 0 rings (SSSR count). The Hall–Kier alpha value is 0. The van der Waals surface area contributed by atoms with E-state index in [1.165, 1.54) is 19.3 Å². The SMILES string of the molecule is CC.CC(C)CC(C)CC(CC(C)C)C(C)C. The number of hydrogen-bond acceptors (Lipinski definition) is 0. The molecule has 0 aromatic rings. The van der Waals surface area contributed by atoms with Crippen LogP contribution >= 0.6 is 0 Å². The Balaban J connectivity index is 0. The summed E-state index contributed by atoms with van der Waals surface area (Å²) in [6.07, 6.45) is 4.22. The molecule has 0 aromatic carbocycles. The summed E-state index contributed by atoms with van der Waals surface area (Å²) in [5.74, 6) is 4.38. The lowest BCUT2D eigenvalue weighted by Crippen LogP contribution is -2.16. The van der Waals surface area contributed by atoms with Crippen molar-refractivity contribution in [3.63, 3.8) is 0 Å². The van der Waals surface area contributed by atoms with E-state index in [9.17, 15) is 0 Å². The van der Waals surface area contributed by atoms with E-state index in [1.54, 1.807) is 0 Å². The molecule has 0 spiro atoms. The van der Waals surface area contributed by atoms with Gasteiger partial charge in [0.2, 0.25) is 0 Å². The Kier molecular flexibility index (Phi) is 12.6. The quantitative estimate of drug-likeness (QED) is 0.484. The van der Waals surface area contributed by atoms with Gasteiger partial charge in [0.25, 0.3) is 0 Å². The van der Waals surface area contributed by atoms with Crippen molar-refractivity contribution >= 4 is 0 Å². The van der Waals surface area contributed by atoms with Gasteiger partial charge in [-0.25, -0.2) is 0 Å². The lowest BCUT2D eigenvalue weighted by molar-refractivity contribution is 0.245. The maximum atomic E-state index is 2.43. The maximum absolute atomic E-state index is 2.43. The van der Waals surface area contributed by atoms with Crippen molar-refractivity contribution < 1.29 is 0 Å². The first kappa shape index (κ1) is 19.3. The topological polar surface area (TPSA) is 0 Å². The van der Waals surface area contributed by atoms with Gasteiger partial charge in [0.1, 0.15) is 0 Å². The van der Waals surface area contributed by atoms with E-state index in [0.29, 0.717) is 0 Å². The summed E-state index contributed by atoms with van der Waals surface area (Å²) in [7, 11) is 0. The molecule has 0 radical (unpaired) electrons. The minimum absolute atomic E-state index is 0.849. The molecule has 0 heteroatoms. The van der Waals surface area contributed by atoms with Crippen LogP contribution in [0.5, 0.6) is 0 Å². The number of rotatable bonds is 7. The Morgan fingerprint density at radius 2 is 1.00 bits per heavy atom. The standard InChI is InChI=1S/C15H32.C2H6/c1-11(2)8-14(7)10-15(13(5)6)9-12(3)4;1-2/h11-15H,8-10H2,1-7H3;1-2H3. The first-order valence-electron chi connectivity index (χ1n) is 7.82. The smallest absolute Gasteiger partial charge is 0.0386 e. The molecule has 0 saturated carbocycles. The van der Waals surface area contributed by atoms with Gasteiger partial charge in [-0.2, -0.15) is 0 Å². The zero-order valence-electron chi connectivity index (χ0n) is 14.0. The maximum Gasteiger partial charge on any atom is -0.0386 e. The van der Waals surface area contributed by atoms with Crippen LogP contribution in [0.25, 0.3) is 0 Å². The van der Waals surface area contributed by atoms with Crippen LogP contribution in [0.3, 0.4) is 0 Å². The fraction of sp³-hybridized carbons (Fsp3) is 1.00. The molecule has 0 aliphatic carbocycles. The van der Waals surface area contributed by atoms with Gasteiger partial charge >= 0.3 is 0 Å². The lowest BCUT2D eigenvalue weighted by atomic mass is 9.79. The molecule has 0 N–H and O–H groups in total. The zero-order chi connectivity index (χ0) is 14.0. The van der Waals surface area contributed by atoms with Gasteiger partial charge in [0.05, 0.1) is 0 Å². The second kappa shape index (κ2) is 11.1. The summed E-state index contributed by atoms with van der Waals surface area (Å²) in [4.78, 5) is 0. The average molecular weight is 242 g/mol. The second-order valence-corrected chi connectivity index (χ2v) is 6.60. The predicted octanol–water partition coefficient (Wildman–Crippen LogP) is 6.40. The van der Waals surface area contributed by atoms with E-state index in [2.05, 4.69) is 48.5 Å². The average Bonchev–Trinajstić information content (AvgIpc) is 2.17. The summed E-state index contributed by atoms with van der Waals surface area (Å²) in [5.41, 5.74) is 0. The molecule has 0 heterocycles. The molecular formula is C17H38. The summed E-state index contributed by atoms with van der Waals surface area (Å²) < 4.78 is 0. The first-order valence-corrected chi connectivity index (χ1v) is 7.82. The summed E-state index contributed by atoms with van der Waals surface area (Å²) in [6, 6.07) is 0. The minimum Gasteiger partial charge on any atom is -0.0683 e. The Morgan fingerprint density at radius 3 is 1.29 bits per heavy atom. The van der Waals surface area contributed by atoms with Crippen LogP contribution in [0.4, 0.5) is 0 Å². The lowest BCUT2D eigenvalue weighted by Gasteiger charge is -2.26. The summed E-state index contributed by atoms with van der Waals surface area (Å²) in [6.45, 7) is 20.6. The van der Waals surface area contributed by atoms with Gasteiger partial charge in [0, 0.05) is 0 Å². The molecule has 0 nitrogen and oxygen atoms in total. The van der Waals surface area contributed by atoms with Crippen LogP contribution in [-0.4, -0.2) is 0 Å². The Morgan fingerprint density at radius 1 is 0.588 bits per heavy atom. The molecule has 2 atom stereocenters. The Labute approximate surface area is 112 Å². The fourth-order valence-electron chi connectivity index (χ4n) is 2.66. The van der Waals surface area contributed by atoms with Crippen molar-refractivity contribution in [2.75, 3.05) is 0 Å². The minimum atomic E-state index is 0.849. The van der Waals surface area contributed by atoms with Crippen molar-refractivity contribution in [2.24, 2.45) is 29.6 Å². The van der Waals surface area contributed by atoms with Gasteiger partial charge in [-0.1, -0.05) is 62.3 Å². The molecule has 0 fully saturated rings. The molecule has 0 saturated heterocycles. The van der Waals surface area contributed by atoms with E-state index in [4.69, 9.17) is 0 Å². The number of hydrogen-bond donors (Lipinski definition) is 0. The third-order valence-electron chi connectivity index (χ3n) is 3.30. The molecule has 106 valence electrons. The molecule has 0 aromatic heterocycles. The highest BCUT2D eigenvalue weighted by molar-refractivity contribution is 4.69. The monoisotopic (exact) mass is 242 g/mol. The first-order chi connectivity index (χ1) is 7.82. The molecule has 2 unspecified atom stereocenters. The van der Waals surface area contributed by atoms with Crippen LogP contribution in [0, 0.1) is 29.6 Å².